The second-order valence-electron chi connectivity index (χ2n) is 14.0. The van der Waals surface area contributed by atoms with Crippen molar-refractivity contribution in [1.82, 2.24) is 9.97 Å². The van der Waals surface area contributed by atoms with Crippen molar-refractivity contribution in [3.63, 3.8) is 0 Å². The van der Waals surface area contributed by atoms with Gasteiger partial charge in [0.05, 0.1) is 23.4 Å². The summed E-state index contributed by atoms with van der Waals surface area (Å²) in [5.41, 5.74) is -2.12. The Hall–Kier alpha value is -5.46. The number of carbonyl (C=O) groups is 4. The number of aromatic nitrogens is 2. The normalized spacial score (nSPS) is 23.4. The van der Waals surface area contributed by atoms with E-state index in [0.717, 1.165) is 0 Å². The van der Waals surface area contributed by atoms with Crippen LogP contribution in [0, 0.1) is 10.8 Å². The van der Waals surface area contributed by atoms with Gasteiger partial charge in [-0.1, -0.05) is 79.0 Å². The number of hydrogen-bond donors (Lipinski definition) is 0. The van der Waals surface area contributed by atoms with Gasteiger partial charge < -0.3 is 27.8 Å². The Balaban J connectivity index is 1.58. The highest BCUT2D eigenvalue weighted by atomic mass is 16.6. The zero-order chi connectivity index (χ0) is 40.0. The van der Waals surface area contributed by atoms with Gasteiger partial charge in [-0.25, -0.2) is 19.6 Å². The number of rotatable bonds is 7. The molecule has 5 atom stereocenters. The molecular formula is C43H50N2O10. The fraction of sp³-hybridized carbons (Fsp3) is 0.395. The summed E-state index contributed by atoms with van der Waals surface area (Å²) in [4.78, 5) is 61.0. The number of fused-ring (bicyclic) bond motifs is 5. The molecule has 0 saturated carbocycles. The number of nitrogens with zero attached hydrogens (tertiary/aromatic N) is 2. The molecule has 55 heavy (non-hydrogen) atoms. The SMILES string of the molecule is CC=CC(=O)C(C)(C)[C@@H]1CC=CC=CC=C[C@H](OC)Cc2nc(co2)C(=O)O[C@H](C(C)(C)C(=O)C=CC)CC=C[C@H]2O[C@H]2C=CC=Cc2nc(co2)C(=O)O1. The molecule has 0 unspecified atom stereocenters. The standard InChI is InChI=1S/C43H50N2O10/c1-8-18-34(46)42(3,4)36-23-14-12-10-11-13-20-29(50-7)26-39-45-31(28-52-39)41(49)55-37(43(5,6)35(47)19-9-2)24-17-22-33-32(53-33)21-15-16-25-38-44-30(27-51-38)40(48)54-36/h8-22,25,27-29,32-33,36-37H,23-24,26H2,1-7H3/t29-,32-,33+,36-,37-/m0/s1. The van der Waals surface area contributed by atoms with Gasteiger partial charge in [-0.15, -0.1) is 0 Å². The number of epoxide rings is 1. The fourth-order valence-corrected chi connectivity index (χ4v) is 5.46. The highest BCUT2D eigenvalue weighted by molar-refractivity contribution is 5.96. The van der Waals surface area contributed by atoms with E-state index in [-0.39, 0.29) is 66.2 Å². The molecule has 1 saturated heterocycles. The van der Waals surface area contributed by atoms with Crippen molar-refractivity contribution in [2.75, 3.05) is 7.11 Å². The molecular weight excluding hydrogens is 704 g/mol. The van der Waals surface area contributed by atoms with Crippen LogP contribution in [0.1, 0.15) is 87.1 Å². The maximum absolute atomic E-state index is 13.3. The first kappa shape index (κ1) is 42.3. The second-order valence-corrected chi connectivity index (χ2v) is 14.0. The summed E-state index contributed by atoms with van der Waals surface area (Å²) in [5.74, 6) is -1.34. The lowest BCUT2D eigenvalue weighted by Gasteiger charge is -2.30. The zero-order valence-corrected chi connectivity index (χ0v) is 32.4. The van der Waals surface area contributed by atoms with Gasteiger partial charge in [0.2, 0.25) is 5.89 Å². The highest BCUT2D eigenvalue weighted by Crippen LogP contribution is 2.32. The molecule has 12 nitrogen and oxygen atoms in total. The van der Waals surface area contributed by atoms with E-state index in [1.807, 2.05) is 24.3 Å². The third kappa shape index (κ3) is 12.0. The highest BCUT2D eigenvalue weighted by Gasteiger charge is 2.40. The van der Waals surface area contributed by atoms with E-state index in [9.17, 15) is 19.2 Å². The molecule has 0 aliphatic carbocycles. The molecule has 0 aromatic carbocycles. The molecule has 0 spiro atoms. The van der Waals surface area contributed by atoms with Crippen molar-refractivity contribution in [2.24, 2.45) is 10.8 Å². The van der Waals surface area contributed by atoms with Crippen LogP contribution in [-0.2, 0) is 35.0 Å². The average Bonchev–Trinajstić information content (AvgIpc) is 3.47. The van der Waals surface area contributed by atoms with E-state index in [4.69, 9.17) is 27.8 Å². The van der Waals surface area contributed by atoms with E-state index < -0.39 is 41.1 Å². The van der Waals surface area contributed by atoms with Gasteiger partial charge in [-0.2, -0.15) is 0 Å². The number of allylic oxidation sites excluding steroid dienone is 10. The Labute approximate surface area is 322 Å². The molecule has 0 radical (unpaired) electrons. The third-order valence-corrected chi connectivity index (χ3v) is 9.22. The summed E-state index contributed by atoms with van der Waals surface area (Å²) in [7, 11) is 1.55. The Morgan fingerprint density at radius 1 is 0.727 bits per heavy atom. The smallest absolute Gasteiger partial charge is 0.360 e. The number of methoxy groups -OCH3 is 1. The van der Waals surface area contributed by atoms with Gasteiger partial charge in [0.1, 0.15) is 36.9 Å². The minimum atomic E-state index is -1.04. The number of ketones is 2. The van der Waals surface area contributed by atoms with Crippen molar-refractivity contribution >= 4 is 29.6 Å². The summed E-state index contributed by atoms with van der Waals surface area (Å²) in [5, 5.41) is 0. The van der Waals surface area contributed by atoms with E-state index in [0.29, 0.717) is 0 Å². The van der Waals surface area contributed by atoms with Crippen molar-refractivity contribution in [3.05, 3.63) is 127 Å². The first-order valence-corrected chi connectivity index (χ1v) is 18.2. The van der Waals surface area contributed by atoms with Crippen LogP contribution in [0.5, 0.6) is 0 Å². The Bertz CT molecular complexity index is 1900. The second kappa shape index (κ2) is 19.7. The fourth-order valence-electron chi connectivity index (χ4n) is 5.46. The molecule has 292 valence electrons. The van der Waals surface area contributed by atoms with Crippen LogP contribution in [0.25, 0.3) is 6.08 Å². The van der Waals surface area contributed by atoms with Gasteiger partial charge in [0, 0.05) is 26.0 Å². The lowest BCUT2D eigenvalue weighted by Crippen LogP contribution is -2.39. The van der Waals surface area contributed by atoms with Gasteiger partial charge in [0.15, 0.2) is 28.8 Å². The molecule has 1 fully saturated rings. The van der Waals surface area contributed by atoms with E-state index in [2.05, 4.69) is 9.97 Å². The number of hydrogen-bond acceptors (Lipinski definition) is 12. The largest absolute Gasteiger partial charge is 0.456 e. The van der Waals surface area contributed by atoms with Crippen molar-refractivity contribution in [2.45, 2.75) is 91.3 Å². The molecule has 2 aliphatic rings. The summed E-state index contributed by atoms with van der Waals surface area (Å²) >= 11 is 0. The monoisotopic (exact) mass is 754 g/mol. The van der Waals surface area contributed by atoms with Crippen LogP contribution < -0.4 is 0 Å². The minimum Gasteiger partial charge on any atom is -0.456 e. The lowest BCUT2D eigenvalue weighted by molar-refractivity contribution is -0.129. The molecule has 12 heteroatoms. The Kier molecular flexibility index (Phi) is 15.2. The first-order chi connectivity index (χ1) is 26.3. The maximum Gasteiger partial charge on any atom is 0.360 e. The van der Waals surface area contributed by atoms with Crippen LogP contribution in [-0.4, -0.2) is 71.1 Å². The molecule has 4 rings (SSSR count). The Morgan fingerprint density at radius 3 is 1.93 bits per heavy atom. The van der Waals surface area contributed by atoms with E-state index in [1.165, 1.54) is 24.7 Å². The predicted octanol–water partition coefficient (Wildman–Crippen LogP) is 7.67. The summed E-state index contributed by atoms with van der Waals surface area (Å²) in [6.07, 6.45) is 28.4. The first-order valence-electron chi connectivity index (χ1n) is 18.2. The molecule has 2 aromatic heterocycles. The zero-order valence-electron chi connectivity index (χ0n) is 32.4. The minimum absolute atomic E-state index is 0.0221. The van der Waals surface area contributed by atoms with Crippen LogP contribution >= 0.6 is 0 Å². The van der Waals surface area contributed by atoms with Crippen LogP contribution in [0.2, 0.25) is 0 Å². The average molecular weight is 755 g/mol. The van der Waals surface area contributed by atoms with Crippen LogP contribution in [0.4, 0.5) is 0 Å². The Morgan fingerprint density at radius 2 is 1.29 bits per heavy atom. The summed E-state index contributed by atoms with van der Waals surface area (Å²) in [6, 6.07) is 0. The summed E-state index contributed by atoms with van der Waals surface area (Å²) in [6.45, 7) is 10.4. The number of oxazole rings is 2. The van der Waals surface area contributed by atoms with Crippen molar-refractivity contribution < 1.29 is 47.0 Å². The maximum atomic E-state index is 13.3. The lowest BCUT2D eigenvalue weighted by atomic mass is 9.80. The molecule has 0 amide bonds. The van der Waals surface area contributed by atoms with Crippen LogP contribution in [0.3, 0.4) is 0 Å². The molecule has 0 N–H and O–H groups in total. The van der Waals surface area contributed by atoms with E-state index >= 15 is 0 Å². The molecule has 4 bridgehead atoms. The van der Waals surface area contributed by atoms with Gasteiger partial charge in [0.25, 0.3) is 0 Å². The quantitative estimate of drug-likeness (QED) is 0.118. The third-order valence-electron chi connectivity index (χ3n) is 9.22. The molecule has 2 aromatic rings. The van der Waals surface area contributed by atoms with E-state index in [1.54, 1.807) is 109 Å². The molecule has 2 aliphatic heterocycles. The van der Waals surface area contributed by atoms with Gasteiger partial charge in [-0.3, -0.25) is 9.59 Å². The van der Waals surface area contributed by atoms with Crippen molar-refractivity contribution in [1.29, 1.82) is 0 Å². The number of esters is 2. The van der Waals surface area contributed by atoms with Gasteiger partial charge in [-0.05, 0) is 53.7 Å². The topological polar surface area (TPSA) is 161 Å². The number of cyclic esters (lactones) is 2. The van der Waals surface area contributed by atoms with Gasteiger partial charge >= 0.3 is 11.9 Å². The number of carbonyl (C=O) groups excluding carboxylic acids is 4. The molecule has 4 heterocycles. The predicted molar refractivity (Wildman–Crippen MR) is 206 cm³/mol. The summed E-state index contributed by atoms with van der Waals surface area (Å²) < 4.78 is 34.1. The van der Waals surface area contributed by atoms with Crippen LogP contribution in [0.15, 0.2) is 113 Å². The number of ether oxygens (including phenoxy) is 4. The van der Waals surface area contributed by atoms with Crippen molar-refractivity contribution in [3.8, 4) is 0 Å².